The second kappa shape index (κ2) is 9.71. The molecule has 0 saturated heterocycles. The fourth-order valence-electron chi connectivity index (χ4n) is 3.98. The van der Waals surface area contributed by atoms with Crippen molar-refractivity contribution >= 4 is 15.9 Å². The van der Waals surface area contributed by atoms with Crippen molar-refractivity contribution in [3.05, 3.63) is 119 Å². The summed E-state index contributed by atoms with van der Waals surface area (Å²) in [5.41, 5.74) is 4.55. The maximum atomic E-state index is 6.29. The van der Waals surface area contributed by atoms with Crippen molar-refractivity contribution < 1.29 is 13.5 Å². The Labute approximate surface area is 216 Å². The minimum absolute atomic E-state index is 0.459. The normalized spacial score (nSPS) is 11.0. The summed E-state index contributed by atoms with van der Waals surface area (Å²) in [4.78, 5) is 0. The molecule has 0 bridgehead atoms. The molecule has 0 amide bonds. The monoisotopic (exact) mass is 535 g/mol. The fraction of sp³-hybridized carbons (Fsp3) is 0.0345. The molecule has 0 aliphatic heterocycles. The number of hydrogen-bond acceptors (Lipinski definition) is 5. The van der Waals surface area contributed by atoms with Gasteiger partial charge in [-0.3, -0.25) is 0 Å². The van der Waals surface area contributed by atoms with Gasteiger partial charge < -0.3 is 8.83 Å². The van der Waals surface area contributed by atoms with Gasteiger partial charge in [0.1, 0.15) is 0 Å². The number of aromatic nitrogens is 4. The van der Waals surface area contributed by atoms with Crippen molar-refractivity contribution in [2.24, 2.45) is 0 Å². The molecular weight excluding hydrogens is 516 g/mol. The smallest absolute Gasteiger partial charge is 0.408 e. The average Bonchev–Trinajstić information content (AvgIpc) is 3.59. The number of nitrogens with zero attached hydrogens (tertiary/aromatic N) is 4. The highest BCUT2D eigenvalue weighted by molar-refractivity contribution is 9.10. The summed E-state index contributed by atoms with van der Waals surface area (Å²) in [5, 5.41) is 13.4. The zero-order valence-electron chi connectivity index (χ0n) is 19.1. The van der Waals surface area contributed by atoms with E-state index in [1.54, 1.807) is 0 Å². The Balaban J connectivity index is 1.41. The van der Waals surface area contributed by atoms with Crippen molar-refractivity contribution in [1.82, 2.24) is 15.3 Å². The van der Waals surface area contributed by atoms with Gasteiger partial charge in [0.25, 0.3) is 5.89 Å². The van der Waals surface area contributed by atoms with Crippen LogP contribution in [0.5, 0.6) is 0 Å². The summed E-state index contributed by atoms with van der Waals surface area (Å²) in [7, 11) is 0. The van der Waals surface area contributed by atoms with Gasteiger partial charge in [0, 0.05) is 31.8 Å². The first-order chi connectivity index (χ1) is 17.7. The molecule has 0 unspecified atom stereocenters. The summed E-state index contributed by atoms with van der Waals surface area (Å²) in [5.74, 6) is 2.15. The van der Waals surface area contributed by atoms with E-state index < -0.39 is 0 Å². The zero-order chi connectivity index (χ0) is 24.3. The van der Waals surface area contributed by atoms with E-state index in [9.17, 15) is 0 Å². The van der Waals surface area contributed by atoms with Crippen LogP contribution in [0.2, 0.25) is 0 Å². The molecule has 174 valence electrons. The Bertz CT molecular complexity index is 1610. The minimum atomic E-state index is 0.459. The lowest BCUT2D eigenvalue weighted by Crippen LogP contribution is -2.38. The molecule has 0 aliphatic carbocycles. The lowest BCUT2D eigenvalue weighted by atomic mass is 10.1. The first-order valence-electron chi connectivity index (χ1n) is 11.4. The molecular formula is C29H20BrN4O2+. The molecule has 0 saturated carbocycles. The van der Waals surface area contributed by atoms with E-state index in [1.807, 2.05) is 114 Å². The molecule has 0 spiro atoms. The molecule has 0 fully saturated rings. The van der Waals surface area contributed by atoms with Gasteiger partial charge in [0.2, 0.25) is 18.3 Å². The van der Waals surface area contributed by atoms with E-state index in [1.165, 1.54) is 0 Å². The first kappa shape index (κ1) is 22.1. The third-order valence-corrected chi connectivity index (χ3v) is 6.29. The van der Waals surface area contributed by atoms with Gasteiger partial charge in [-0.2, -0.15) is 0 Å². The van der Waals surface area contributed by atoms with Crippen LogP contribution in [0.25, 0.3) is 45.8 Å². The van der Waals surface area contributed by atoms with Crippen LogP contribution in [0, 0.1) is 0 Å². The topological polar surface area (TPSA) is 68.8 Å². The van der Waals surface area contributed by atoms with Crippen LogP contribution in [-0.2, 0) is 6.54 Å². The van der Waals surface area contributed by atoms with E-state index >= 15 is 0 Å². The molecule has 6 nitrogen and oxygen atoms in total. The molecule has 36 heavy (non-hydrogen) atoms. The zero-order valence-corrected chi connectivity index (χ0v) is 20.7. The predicted octanol–water partition coefficient (Wildman–Crippen LogP) is 6.82. The van der Waals surface area contributed by atoms with Crippen LogP contribution in [0.1, 0.15) is 5.56 Å². The Morgan fingerprint density at radius 2 is 1.19 bits per heavy atom. The first-order valence-corrected chi connectivity index (χ1v) is 12.2. The van der Waals surface area contributed by atoms with Gasteiger partial charge in [-0.1, -0.05) is 70.5 Å². The number of benzene rings is 4. The number of halogens is 1. The largest absolute Gasteiger partial charge is 0.416 e. The van der Waals surface area contributed by atoms with Crippen LogP contribution in [-0.4, -0.2) is 15.3 Å². The highest BCUT2D eigenvalue weighted by atomic mass is 79.9. The second-order valence-corrected chi connectivity index (χ2v) is 9.09. The van der Waals surface area contributed by atoms with Crippen molar-refractivity contribution in [3.63, 3.8) is 0 Å². The van der Waals surface area contributed by atoms with Gasteiger partial charge in [-0.25, -0.2) is 0 Å². The molecule has 0 atom stereocenters. The minimum Gasteiger partial charge on any atom is -0.416 e. The second-order valence-electron chi connectivity index (χ2n) is 8.18. The van der Waals surface area contributed by atoms with E-state index in [-0.39, 0.29) is 0 Å². The van der Waals surface area contributed by atoms with Crippen molar-refractivity contribution in [1.29, 1.82) is 0 Å². The standard InChI is InChI=1S/C29H20BrN4O2/c30-24-17-15-22(16-18-24)29-34(33-27(36-29)21-11-5-2-6-12-21)19-23-13-7-8-14-25(23)28-32-31-26(35-28)20-9-3-1-4-10-20/h1-18H,19H2/q+1. The third-order valence-electron chi connectivity index (χ3n) is 5.76. The van der Waals surface area contributed by atoms with Gasteiger partial charge >= 0.3 is 5.89 Å². The fourth-order valence-corrected chi connectivity index (χ4v) is 4.25. The Morgan fingerprint density at radius 1 is 0.583 bits per heavy atom. The molecule has 6 rings (SSSR count). The maximum Gasteiger partial charge on any atom is 0.408 e. The van der Waals surface area contributed by atoms with Crippen LogP contribution in [0.15, 0.2) is 123 Å². The number of rotatable bonds is 6. The Kier molecular flexibility index (Phi) is 5.97. The summed E-state index contributed by atoms with van der Waals surface area (Å²) in [6, 6.07) is 35.6. The van der Waals surface area contributed by atoms with Gasteiger partial charge in [-0.05, 0) is 59.3 Å². The molecule has 2 heterocycles. The van der Waals surface area contributed by atoms with Crippen molar-refractivity contribution in [3.8, 4) is 45.8 Å². The highest BCUT2D eigenvalue weighted by Gasteiger charge is 2.27. The Hall–Kier alpha value is -4.36. The van der Waals surface area contributed by atoms with Crippen LogP contribution < -0.4 is 4.68 Å². The molecule has 6 aromatic rings. The third kappa shape index (κ3) is 4.48. The maximum absolute atomic E-state index is 6.29. The predicted molar refractivity (Wildman–Crippen MR) is 140 cm³/mol. The van der Waals surface area contributed by atoms with Crippen LogP contribution in [0.3, 0.4) is 0 Å². The van der Waals surface area contributed by atoms with Crippen molar-refractivity contribution in [2.75, 3.05) is 0 Å². The summed E-state index contributed by atoms with van der Waals surface area (Å²) in [6.45, 7) is 0.459. The van der Waals surface area contributed by atoms with Gasteiger partial charge in [-0.15, -0.1) is 10.2 Å². The van der Waals surface area contributed by atoms with Crippen LogP contribution in [0.4, 0.5) is 0 Å². The van der Waals surface area contributed by atoms with Gasteiger partial charge in [0.05, 0.1) is 5.56 Å². The van der Waals surface area contributed by atoms with Gasteiger partial charge in [0.15, 0.2) is 0 Å². The molecule has 0 radical (unpaired) electrons. The SMILES string of the molecule is Brc1ccc(-c2oc(-c3ccccc3)n[n+]2Cc2ccccc2-c2nnc(-c3ccccc3)o2)cc1. The summed E-state index contributed by atoms with van der Waals surface area (Å²) < 4.78 is 15.2. The average molecular weight is 536 g/mol. The molecule has 0 aliphatic rings. The van der Waals surface area contributed by atoms with E-state index in [0.717, 1.165) is 32.3 Å². The lowest BCUT2D eigenvalue weighted by Gasteiger charge is -2.02. The highest BCUT2D eigenvalue weighted by Crippen LogP contribution is 2.28. The van der Waals surface area contributed by atoms with Crippen LogP contribution >= 0.6 is 15.9 Å². The Morgan fingerprint density at radius 3 is 1.92 bits per heavy atom. The van der Waals surface area contributed by atoms with Crippen molar-refractivity contribution in [2.45, 2.75) is 6.54 Å². The number of hydrogen-bond donors (Lipinski definition) is 0. The quantitative estimate of drug-likeness (QED) is 0.219. The molecule has 7 heteroatoms. The summed E-state index contributed by atoms with van der Waals surface area (Å²) >= 11 is 3.51. The van der Waals surface area contributed by atoms with E-state index in [4.69, 9.17) is 13.9 Å². The molecule has 2 aromatic heterocycles. The summed E-state index contributed by atoms with van der Waals surface area (Å²) in [6.07, 6.45) is 0. The van der Waals surface area contributed by atoms with E-state index in [2.05, 4.69) is 26.1 Å². The lowest BCUT2D eigenvalue weighted by molar-refractivity contribution is -0.735. The molecule has 0 N–H and O–H groups in total. The van der Waals surface area contributed by atoms with E-state index in [0.29, 0.717) is 30.1 Å². The molecule has 4 aromatic carbocycles.